The van der Waals surface area contributed by atoms with Gasteiger partial charge in [0.15, 0.2) is 0 Å². The second-order valence-corrected chi connectivity index (χ2v) is 7.44. The summed E-state index contributed by atoms with van der Waals surface area (Å²) in [5, 5.41) is 3.12. The standard InChI is InChI=1S/C18H23FN2O.ClH/c19-14-3-1-2-13(9-14)18(6-7-18)10-21-17(22)15-11-4-5-12(8-11)16(15)20;/h1-3,9,11-12,15-16H,4-8,10,20H2,(H,21,22);1H. The molecule has 4 unspecified atom stereocenters. The van der Waals surface area contributed by atoms with Crippen LogP contribution in [0.25, 0.3) is 0 Å². The zero-order valence-corrected chi connectivity index (χ0v) is 13.9. The van der Waals surface area contributed by atoms with Gasteiger partial charge in [0.25, 0.3) is 0 Å². The number of carbonyl (C=O) groups excluding carboxylic acids is 1. The molecule has 0 aliphatic heterocycles. The summed E-state index contributed by atoms with van der Waals surface area (Å²) in [5.74, 6) is 0.915. The third-order valence-electron chi connectivity index (χ3n) is 6.17. The van der Waals surface area contributed by atoms with Crippen LogP contribution in [0, 0.1) is 23.6 Å². The highest BCUT2D eigenvalue weighted by molar-refractivity contribution is 5.85. The predicted octanol–water partition coefficient (Wildman–Crippen LogP) is 2.77. The Morgan fingerprint density at radius 2 is 2.04 bits per heavy atom. The number of hydrogen-bond acceptors (Lipinski definition) is 2. The Balaban J connectivity index is 0.00000156. The van der Waals surface area contributed by atoms with Crippen molar-refractivity contribution in [3.8, 4) is 0 Å². The Hall–Kier alpha value is -1.13. The first kappa shape index (κ1) is 16.7. The lowest BCUT2D eigenvalue weighted by molar-refractivity contribution is -0.127. The van der Waals surface area contributed by atoms with Crippen LogP contribution >= 0.6 is 12.4 Å². The second kappa shape index (κ2) is 6.06. The summed E-state index contributed by atoms with van der Waals surface area (Å²) in [6.07, 6.45) is 5.47. The molecular formula is C18H24ClFN2O. The average Bonchev–Trinajstić information content (AvgIpc) is 3.05. The van der Waals surface area contributed by atoms with Crippen LogP contribution in [0.4, 0.5) is 4.39 Å². The lowest BCUT2D eigenvalue weighted by Gasteiger charge is -2.28. The molecule has 3 nitrogen and oxygen atoms in total. The number of halogens is 2. The van der Waals surface area contributed by atoms with Gasteiger partial charge in [0.05, 0.1) is 5.92 Å². The fraction of sp³-hybridized carbons (Fsp3) is 0.611. The highest BCUT2D eigenvalue weighted by atomic mass is 35.5. The van der Waals surface area contributed by atoms with Gasteiger partial charge in [-0.3, -0.25) is 4.79 Å². The molecular weight excluding hydrogens is 315 g/mol. The molecule has 2 bridgehead atoms. The van der Waals surface area contributed by atoms with Crippen LogP contribution < -0.4 is 11.1 Å². The van der Waals surface area contributed by atoms with Crippen molar-refractivity contribution < 1.29 is 9.18 Å². The Bertz CT molecular complexity index is 602. The Labute approximate surface area is 142 Å². The number of hydrogen-bond donors (Lipinski definition) is 2. The fourth-order valence-corrected chi connectivity index (χ4v) is 4.64. The number of benzene rings is 1. The van der Waals surface area contributed by atoms with Crippen molar-refractivity contribution in [3.05, 3.63) is 35.6 Å². The van der Waals surface area contributed by atoms with Crippen LogP contribution in [0.3, 0.4) is 0 Å². The van der Waals surface area contributed by atoms with Gasteiger partial charge in [0.1, 0.15) is 5.82 Å². The number of nitrogens with one attached hydrogen (secondary N) is 1. The van der Waals surface area contributed by atoms with Gasteiger partial charge in [-0.25, -0.2) is 4.39 Å². The molecule has 3 aliphatic carbocycles. The molecule has 5 heteroatoms. The molecule has 0 heterocycles. The van der Waals surface area contributed by atoms with E-state index in [1.54, 1.807) is 12.1 Å². The lowest BCUT2D eigenvalue weighted by atomic mass is 9.84. The van der Waals surface area contributed by atoms with Crippen molar-refractivity contribution in [3.63, 3.8) is 0 Å². The van der Waals surface area contributed by atoms with E-state index in [4.69, 9.17) is 5.73 Å². The highest BCUT2D eigenvalue weighted by Crippen LogP contribution is 2.49. The molecule has 3 N–H and O–H groups in total. The van der Waals surface area contributed by atoms with Gasteiger partial charge in [0, 0.05) is 18.0 Å². The predicted molar refractivity (Wildman–Crippen MR) is 89.9 cm³/mol. The molecule has 1 aromatic carbocycles. The zero-order chi connectivity index (χ0) is 15.3. The number of nitrogens with two attached hydrogens (primary N) is 1. The van der Waals surface area contributed by atoms with Crippen LogP contribution in [0.5, 0.6) is 0 Å². The summed E-state index contributed by atoms with van der Waals surface area (Å²) in [5.41, 5.74) is 7.19. The molecule has 1 aromatic rings. The number of rotatable bonds is 4. The van der Waals surface area contributed by atoms with Crippen molar-refractivity contribution in [2.45, 2.75) is 43.6 Å². The first-order valence-electron chi connectivity index (χ1n) is 8.38. The van der Waals surface area contributed by atoms with E-state index in [0.717, 1.165) is 31.2 Å². The average molecular weight is 339 g/mol. The molecule has 0 aromatic heterocycles. The van der Waals surface area contributed by atoms with E-state index in [2.05, 4.69) is 5.32 Å². The van der Waals surface area contributed by atoms with Crippen molar-refractivity contribution in [1.29, 1.82) is 0 Å². The minimum Gasteiger partial charge on any atom is -0.355 e. The highest BCUT2D eigenvalue weighted by Gasteiger charge is 2.50. The van der Waals surface area contributed by atoms with Gasteiger partial charge in [-0.2, -0.15) is 0 Å². The van der Waals surface area contributed by atoms with Gasteiger partial charge in [-0.05, 0) is 61.6 Å². The SMILES string of the molecule is Cl.NC1C2CCC(C2)C1C(=O)NCC1(c2cccc(F)c2)CC1. The van der Waals surface area contributed by atoms with E-state index in [9.17, 15) is 9.18 Å². The van der Waals surface area contributed by atoms with Gasteiger partial charge in [-0.15, -0.1) is 12.4 Å². The van der Waals surface area contributed by atoms with Crippen LogP contribution in [0.1, 0.15) is 37.7 Å². The van der Waals surface area contributed by atoms with Crippen LogP contribution in [0.15, 0.2) is 24.3 Å². The van der Waals surface area contributed by atoms with Gasteiger partial charge < -0.3 is 11.1 Å². The Morgan fingerprint density at radius 3 is 2.65 bits per heavy atom. The molecule has 23 heavy (non-hydrogen) atoms. The first-order chi connectivity index (χ1) is 10.6. The second-order valence-electron chi connectivity index (χ2n) is 7.44. The summed E-state index contributed by atoms with van der Waals surface area (Å²) in [6, 6.07) is 6.81. The zero-order valence-electron chi connectivity index (χ0n) is 13.1. The molecule has 0 radical (unpaired) electrons. The molecule has 1 amide bonds. The first-order valence-corrected chi connectivity index (χ1v) is 8.38. The van der Waals surface area contributed by atoms with Crippen LogP contribution in [0.2, 0.25) is 0 Å². The number of carbonyl (C=O) groups is 1. The molecule has 0 spiro atoms. The van der Waals surface area contributed by atoms with Crippen LogP contribution in [-0.4, -0.2) is 18.5 Å². The van der Waals surface area contributed by atoms with E-state index in [-0.39, 0.29) is 41.5 Å². The largest absolute Gasteiger partial charge is 0.355 e. The maximum absolute atomic E-state index is 13.4. The molecule has 126 valence electrons. The van der Waals surface area contributed by atoms with E-state index >= 15 is 0 Å². The summed E-state index contributed by atoms with van der Waals surface area (Å²) in [4.78, 5) is 12.6. The van der Waals surface area contributed by atoms with E-state index in [1.807, 2.05) is 6.07 Å². The fourth-order valence-electron chi connectivity index (χ4n) is 4.64. The minimum atomic E-state index is -0.203. The third-order valence-corrected chi connectivity index (χ3v) is 6.17. The summed E-state index contributed by atoms with van der Waals surface area (Å²) >= 11 is 0. The minimum absolute atomic E-state index is 0. The van der Waals surface area contributed by atoms with E-state index in [1.165, 1.54) is 12.5 Å². The molecule has 4 atom stereocenters. The van der Waals surface area contributed by atoms with Crippen molar-refractivity contribution in [2.75, 3.05) is 6.54 Å². The molecule has 3 saturated carbocycles. The van der Waals surface area contributed by atoms with Crippen molar-refractivity contribution in [1.82, 2.24) is 5.32 Å². The van der Waals surface area contributed by atoms with Gasteiger partial charge in [-0.1, -0.05) is 12.1 Å². The topological polar surface area (TPSA) is 55.1 Å². The van der Waals surface area contributed by atoms with Crippen molar-refractivity contribution >= 4 is 18.3 Å². The smallest absolute Gasteiger partial charge is 0.224 e. The maximum atomic E-state index is 13.4. The van der Waals surface area contributed by atoms with Crippen molar-refractivity contribution in [2.24, 2.45) is 23.5 Å². The van der Waals surface area contributed by atoms with Gasteiger partial charge >= 0.3 is 0 Å². The van der Waals surface area contributed by atoms with E-state index < -0.39 is 0 Å². The molecule has 4 rings (SSSR count). The maximum Gasteiger partial charge on any atom is 0.224 e. The molecule has 0 saturated heterocycles. The number of amides is 1. The summed E-state index contributed by atoms with van der Waals surface area (Å²) < 4.78 is 13.4. The Kier molecular flexibility index (Phi) is 4.41. The lowest BCUT2D eigenvalue weighted by Crippen LogP contribution is -2.46. The van der Waals surface area contributed by atoms with Crippen LogP contribution in [-0.2, 0) is 10.2 Å². The van der Waals surface area contributed by atoms with Gasteiger partial charge in [0.2, 0.25) is 5.91 Å². The third kappa shape index (κ3) is 2.87. The summed E-state index contributed by atoms with van der Waals surface area (Å²) in [7, 11) is 0. The molecule has 3 aliphatic rings. The van der Waals surface area contributed by atoms with E-state index in [0.29, 0.717) is 18.4 Å². The Morgan fingerprint density at radius 1 is 1.30 bits per heavy atom. The molecule has 3 fully saturated rings. The summed E-state index contributed by atoms with van der Waals surface area (Å²) in [6.45, 7) is 0.607. The number of fused-ring (bicyclic) bond motifs is 2. The normalized spacial score (nSPS) is 33.1. The monoisotopic (exact) mass is 338 g/mol. The quantitative estimate of drug-likeness (QED) is 0.887.